The molecule has 4 nitrogen and oxygen atoms in total. The lowest BCUT2D eigenvalue weighted by molar-refractivity contribution is 0.1000. The van der Waals surface area contributed by atoms with Gasteiger partial charge in [0, 0.05) is 17.5 Å². The van der Waals surface area contributed by atoms with Crippen LogP contribution in [0.4, 0.5) is 0 Å². The van der Waals surface area contributed by atoms with Crippen LogP contribution in [0.3, 0.4) is 0 Å². The number of primary amides is 1. The number of hydrogen-bond donors (Lipinski definition) is 1. The zero-order valence-electron chi connectivity index (χ0n) is 13.6. The van der Waals surface area contributed by atoms with Crippen molar-refractivity contribution in [3.8, 4) is 6.07 Å². The molecule has 1 amide bonds. The van der Waals surface area contributed by atoms with Crippen LogP contribution in [0.25, 0.3) is 0 Å². The number of carbonyl (C=O) groups excluding carboxylic acids is 1. The molecule has 1 heterocycles. The van der Waals surface area contributed by atoms with E-state index in [1.54, 1.807) is 24.4 Å². The molecule has 1 atom stereocenters. The quantitative estimate of drug-likeness (QED) is 0.875. The second-order valence-corrected chi connectivity index (χ2v) is 6.36. The van der Waals surface area contributed by atoms with Crippen LogP contribution in [-0.2, 0) is 6.42 Å². The Morgan fingerprint density at radius 1 is 1.46 bits per heavy atom. The molecular formula is C19H20ClN3O. The average molecular weight is 342 g/mol. The van der Waals surface area contributed by atoms with Crippen molar-refractivity contribution >= 4 is 23.7 Å². The third-order valence-electron chi connectivity index (χ3n) is 3.91. The maximum atomic E-state index is 11.3. The Morgan fingerprint density at radius 2 is 2.25 bits per heavy atom. The van der Waals surface area contributed by atoms with Crippen molar-refractivity contribution < 1.29 is 4.79 Å². The van der Waals surface area contributed by atoms with Crippen LogP contribution in [0, 0.1) is 17.2 Å². The van der Waals surface area contributed by atoms with Crippen LogP contribution >= 0.6 is 11.6 Å². The molecule has 0 fully saturated rings. The largest absolute Gasteiger partial charge is 0.366 e. The molecule has 2 rings (SSSR count). The molecule has 1 aliphatic heterocycles. The molecule has 0 saturated heterocycles. The summed E-state index contributed by atoms with van der Waals surface area (Å²) in [4.78, 5) is 15.7. The van der Waals surface area contributed by atoms with Crippen molar-refractivity contribution in [1.82, 2.24) is 0 Å². The third-order valence-corrected chi connectivity index (χ3v) is 4.14. The molecule has 1 unspecified atom stereocenters. The molecule has 2 N–H and O–H groups in total. The van der Waals surface area contributed by atoms with Crippen LogP contribution in [-0.4, -0.2) is 12.1 Å². The van der Waals surface area contributed by atoms with Crippen molar-refractivity contribution in [2.24, 2.45) is 16.6 Å². The Balaban J connectivity index is 2.04. The fourth-order valence-corrected chi connectivity index (χ4v) is 2.86. The highest BCUT2D eigenvalue weighted by Crippen LogP contribution is 2.20. The van der Waals surface area contributed by atoms with Crippen molar-refractivity contribution in [2.45, 2.75) is 32.6 Å². The van der Waals surface area contributed by atoms with E-state index in [0.29, 0.717) is 28.5 Å². The van der Waals surface area contributed by atoms with Crippen molar-refractivity contribution in [2.75, 3.05) is 0 Å². The van der Waals surface area contributed by atoms with E-state index in [-0.39, 0.29) is 0 Å². The number of nitrogens with zero attached hydrogens (tertiary/aromatic N) is 2. The smallest absolute Gasteiger partial charge is 0.248 e. The predicted octanol–water partition coefficient (Wildman–Crippen LogP) is 4.10. The summed E-state index contributed by atoms with van der Waals surface area (Å²) >= 11 is 6.08. The van der Waals surface area contributed by atoms with Gasteiger partial charge in [-0.15, -0.1) is 0 Å². The summed E-state index contributed by atoms with van der Waals surface area (Å²) in [5, 5.41) is 9.86. The highest BCUT2D eigenvalue weighted by atomic mass is 35.5. The van der Waals surface area contributed by atoms with Gasteiger partial charge in [-0.3, -0.25) is 9.79 Å². The number of rotatable bonds is 5. The molecule has 24 heavy (non-hydrogen) atoms. The Labute approximate surface area is 147 Å². The minimum absolute atomic E-state index is 0.386. The minimum atomic E-state index is -0.483. The molecule has 0 aliphatic carbocycles. The number of benzene rings is 1. The molecule has 5 heteroatoms. The van der Waals surface area contributed by atoms with Crippen molar-refractivity contribution in [3.63, 3.8) is 0 Å². The van der Waals surface area contributed by atoms with Crippen LogP contribution in [0.5, 0.6) is 0 Å². The molecule has 1 aromatic carbocycles. The molecule has 0 radical (unpaired) electrons. The van der Waals surface area contributed by atoms with Crippen LogP contribution < -0.4 is 5.73 Å². The standard InChI is InChI=1S/C19H20ClN3O/c1-13-5-8-18(23-12-17(20)9-13)4-2-3-14-10-15(19(22)24)6-7-16(14)11-21/h6-10,12-13H,2-5H2,1H3,(H2,22,24)/b17-9+,18-8+,23-12+. The van der Waals surface area contributed by atoms with Crippen molar-refractivity contribution in [3.05, 3.63) is 57.8 Å². The van der Waals surface area contributed by atoms with E-state index in [4.69, 9.17) is 17.3 Å². The van der Waals surface area contributed by atoms with Gasteiger partial charge in [-0.25, -0.2) is 0 Å². The number of aryl methyl sites for hydroxylation is 1. The van der Waals surface area contributed by atoms with Crippen LogP contribution in [0.15, 0.2) is 46.1 Å². The fourth-order valence-electron chi connectivity index (χ4n) is 2.59. The second-order valence-electron chi connectivity index (χ2n) is 5.92. The fraction of sp³-hybridized carbons (Fsp3) is 0.316. The molecular weight excluding hydrogens is 322 g/mol. The van der Waals surface area contributed by atoms with Gasteiger partial charge in [0.2, 0.25) is 5.91 Å². The zero-order valence-corrected chi connectivity index (χ0v) is 14.4. The average Bonchev–Trinajstić information content (AvgIpc) is 2.55. The first-order valence-corrected chi connectivity index (χ1v) is 8.30. The molecule has 0 bridgehead atoms. The number of hydrogen-bond acceptors (Lipinski definition) is 3. The topological polar surface area (TPSA) is 79.2 Å². The number of aliphatic imine (C=N–C) groups is 1. The van der Waals surface area contributed by atoms with Crippen LogP contribution in [0.2, 0.25) is 0 Å². The van der Waals surface area contributed by atoms with Gasteiger partial charge in [0.1, 0.15) is 0 Å². The van der Waals surface area contributed by atoms with Gasteiger partial charge in [0.05, 0.1) is 16.7 Å². The van der Waals surface area contributed by atoms with Gasteiger partial charge < -0.3 is 5.73 Å². The third kappa shape index (κ3) is 5.07. The first-order valence-electron chi connectivity index (χ1n) is 7.93. The Hall–Kier alpha value is -2.38. The summed E-state index contributed by atoms with van der Waals surface area (Å²) in [6, 6.07) is 7.10. The number of carbonyl (C=O) groups is 1. The number of halogens is 1. The van der Waals surface area contributed by atoms with Gasteiger partial charge in [-0.1, -0.05) is 30.7 Å². The lowest BCUT2D eigenvalue weighted by atomic mass is 9.98. The summed E-state index contributed by atoms with van der Waals surface area (Å²) < 4.78 is 0. The highest BCUT2D eigenvalue weighted by Gasteiger charge is 2.08. The Bertz CT molecular complexity index is 756. The van der Waals surface area contributed by atoms with Gasteiger partial charge in [0.25, 0.3) is 0 Å². The van der Waals surface area contributed by atoms with Gasteiger partial charge in [0.15, 0.2) is 0 Å². The molecule has 124 valence electrons. The predicted molar refractivity (Wildman–Crippen MR) is 96.9 cm³/mol. The van der Waals surface area contributed by atoms with Crippen molar-refractivity contribution in [1.29, 1.82) is 5.26 Å². The van der Waals surface area contributed by atoms with E-state index in [9.17, 15) is 10.1 Å². The van der Waals surface area contributed by atoms with E-state index >= 15 is 0 Å². The lowest BCUT2D eigenvalue weighted by Gasteiger charge is -2.10. The summed E-state index contributed by atoms with van der Waals surface area (Å²) in [6.07, 6.45) is 9.02. The van der Waals surface area contributed by atoms with E-state index in [1.165, 1.54) is 0 Å². The van der Waals surface area contributed by atoms with E-state index in [1.807, 2.05) is 6.08 Å². The SMILES string of the molecule is CC1\C=C(Cl)/C=N/C(CCCc2cc(C(N)=O)ccc2C#N)=C/C1. The zero-order chi connectivity index (χ0) is 17.5. The van der Waals surface area contributed by atoms with Gasteiger partial charge >= 0.3 is 0 Å². The maximum absolute atomic E-state index is 11.3. The number of nitrogens with two attached hydrogens (primary N) is 1. The minimum Gasteiger partial charge on any atom is -0.366 e. The highest BCUT2D eigenvalue weighted by molar-refractivity contribution is 6.39. The first kappa shape index (κ1) is 18.0. The molecule has 1 aliphatic rings. The number of nitriles is 1. The normalized spacial score (nSPS) is 23.0. The second kappa shape index (κ2) is 8.47. The summed E-state index contributed by atoms with van der Waals surface area (Å²) in [6.45, 7) is 2.12. The van der Waals surface area contributed by atoms with E-state index in [0.717, 1.165) is 30.5 Å². The van der Waals surface area contributed by atoms with Crippen LogP contribution in [0.1, 0.15) is 47.7 Å². The lowest BCUT2D eigenvalue weighted by Crippen LogP contribution is -2.11. The first-order chi connectivity index (χ1) is 11.5. The number of amides is 1. The summed E-state index contributed by atoms with van der Waals surface area (Å²) in [5.41, 5.74) is 8.16. The van der Waals surface area contributed by atoms with E-state index < -0.39 is 5.91 Å². The van der Waals surface area contributed by atoms with Gasteiger partial charge in [-0.05, 0) is 55.4 Å². The monoisotopic (exact) mass is 341 g/mol. The maximum Gasteiger partial charge on any atom is 0.248 e. The summed E-state index contributed by atoms with van der Waals surface area (Å²) in [5.74, 6) is -0.0971. The molecule has 0 aromatic heterocycles. The number of allylic oxidation sites excluding steroid dienone is 4. The summed E-state index contributed by atoms with van der Waals surface area (Å²) in [7, 11) is 0. The molecule has 0 saturated carbocycles. The molecule has 0 spiro atoms. The molecule has 1 aromatic rings. The Morgan fingerprint density at radius 3 is 2.96 bits per heavy atom. The Kier molecular flexibility index (Phi) is 6.34. The van der Waals surface area contributed by atoms with E-state index in [2.05, 4.69) is 24.1 Å². The van der Waals surface area contributed by atoms with Gasteiger partial charge in [-0.2, -0.15) is 5.26 Å².